The number of aromatic nitrogens is 1. The summed E-state index contributed by atoms with van der Waals surface area (Å²) < 4.78 is 5.74. The van der Waals surface area contributed by atoms with Crippen LogP contribution in [-0.4, -0.2) is 36.0 Å². The molecule has 0 saturated heterocycles. The number of carbonyl (C=O) groups excluding carboxylic acids is 1. The van der Waals surface area contributed by atoms with Crippen molar-refractivity contribution in [3.63, 3.8) is 0 Å². The van der Waals surface area contributed by atoms with E-state index in [9.17, 15) is 4.79 Å². The van der Waals surface area contributed by atoms with Crippen LogP contribution in [0.15, 0.2) is 18.2 Å². The van der Waals surface area contributed by atoms with Gasteiger partial charge in [0, 0.05) is 24.4 Å². The number of anilines is 1. The molecule has 0 spiro atoms. The minimum atomic E-state index is -0.172. The number of hydrogen-bond acceptors (Lipinski definition) is 5. The van der Waals surface area contributed by atoms with Crippen molar-refractivity contribution >= 4 is 22.4 Å². The van der Waals surface area contributed by atoms with E-state index in [0.29, 0.717) is 11.0 Å². The van der Waals surface area contributed by atoms with Gasteiger partial charge in [-0.3, -0.25) is 10.1 Å². The average molecular weight is 359 g/mol. The second-order valence-corrected chi connectivity index (χ2v) is 7.98. The quantitative estimate of drug-likeness (QED) is 0.886. The molecule has 0 fully saturated rings. The molecule has 5 nitrogen and oxygen atoms in total. The van der Waals surface area contributed by atoms with Crippen LogP contribution in [0.2, 0.25) is 0 Å². The van der Waals surface area contributed by atoms with Crippen molar-refractivity contribution in [2.75, 3.05) is 25.5 Å². The van der Waals surface area contributed by atoms with E-state index in [1.54, 1.807) is 11.3 Å². The van der Waals surface area contributed by atoms with E-state index < -0.39 is 0 Å². The van der Waals surface area contributed by atoms with Gasteiger partial charge in [0.05, 0.1) is 5.69 Å². The number of nitrogens with zero attached hydrogens (tertiary/aromatic N) is 2. The molecule has 2 aromatic rings. The molecule has 1 aliphatic heterocycles. The van der Waals surface area contributed by atoms with Gasteiger partial charge in [0.1, 0.15) is 5.75 Å². The number of rotatable bonds is 5. The first-order valence-electron chi connectivity index (χ1n) is 8.62. The topological polar surface area (TPSA) is 54.5 Å². The third kappa shape index (κ3) is 4.38. The first kappa shape index (κ1) is 17.9. The highest BCUT2D eigenvalue weighted by Crippen LogP contribution is 2.28. The number of hydrogen-bond donors (Lipinski definition) is 1. The highest BCUT2D eigenvalue weighted by atomic mass is 32.1. The first-order valence-corrected chi connectivity index (χ1v) is 9.44. The molecule has 3 rings (SSSR count). The van der Waals surface area contributed by atoms with Crippen molar-refractivity contribution in [2.24, 2.45) is 0 Å². The molecular formula is C19H25N3O2S. The number of amides is 1. The zero-order valence-corrected chi connectivity index (χ0v) is 16.1. The van der Waals surface area contributed by atoms with Crippen molar-refractivity contribution < 1.29 is 9.53 Å². The van der Waals surface area contributed by atoms with Crippen molar-refractivity contribution in [3.05, 3.63) is 39.9 Å². The number of fused-ring (bicyclic) bond motifs is 1. The minimum Gasteiger partial charge on any atom is -0.483 e. The molecule has 0 radical (unpaired) electrons. The van der Waals surface area contributed by atoms with Gasteiger partial charge in [0.2, 0.25) is 0 Å². The maximum absolute atomic E-state index is 12.2. The predicted octanol–water partition coefficient (Wildman–Crippen LogP) is 3.58. The van der Waals surface area contributed by atoms with Crippen LogP contribution in [0.4, 0.5) is 5.13 Å². The van der Waals surface area contributed by atoms with Crippen molar-refractivity contribution in [1.82, 2.24) is 9.88 Å². The van der Waals surface area contributed by atoms with Crippen LogP contribution in [-0.2, 0) is 17.8 Å². The zero-order chi connectivity index (χ0) is 18.0. The van der Waals surface area contributed by atoms with Crippen molar-refractivity contribution in [1.29, 1.82) is 0 Å². The average Bonchev–Trinajstić information content (AvgIpc) is 2.95. The summed E-state index contributed by atoms with van der Waals surface area (Å²) in [6, 6.07) is 6.16. The lowest BCUT2D eigenvalue weighted by atomic mass is 10.0. The SMILES string of the molecule is Cc1ccc(C(C)C)cc1OCC(=O)Nc1nc2c(s1)CN(C)CC2. The normalized spacial score (nSPS) is 14.4. The van der Waals surface area contributed by atoms with Crippen molar-refractivity contribution in [3.8, 4) is 5.75 Å². The Kier molecular flexibility index (Phi) is 5.39. The number of likely N-dealkylation sites (N-methyl/N-ethyl adjacent to an activating group) is 1. The molecule has 0 saturated carbocycles. The van der Waals surface area contributed by atoms with Crippen LogP contribution in [0, 0.1) is 6.92 Å². The lowest BCUT2D eigenvalue weighted by Gasteiger charge is -2.20. The third-order valence-corrected chi connectivity index (χ3v) is 5.40. The van der Waals surface area contributed by atoms with E-state index in [0.717, 1.165) is 36.5 Å². The van der Waals surface area contributed by atoms with E-state index in [-0.39, 0.29) is 12.5 Å². The van der Waals surface area contributed by atoms with Gasteiger partial charge >= 0.3 is 0 Å². The van der Waals surface area contributed by atoms with Crippen LogP contribution in [0.25, 0.3) is 0 Å². The number of ether oxygens (including phenoxy) is 1. The Bertz CT molecular complexity index is 770. The third-order valence-electron chi connectivity index (χ3n) is 4.41. The number of nitrogens with one attached hydrogen (secondary N) is 1. The summed E-state index contributed by atoms with van der Waals surface area (Å²) >= 11 is 1.56. The molecule has 1 amide bonds. The van der Waals surface area contributed by atoms with Crippen LogP contribution in [0.5, 0.6) is 5.75 Å². The summed E-state index contributed by atoms with van der Waals surface area (Å²) in [5.74, 6) is 1.02. The summed E-state index contributed by atoms with van der Waals surface area (Å²) in [5, 5.41) is 3.53. The summed E-state index contributed by atoms with van der Waals surface area (Å²) in [5.41, 5.74) is 3.35. The van der Waals surface area contributed by atoms with E-state index in [1.165, 1.54) is 10.4 Å². The Labute approximate surface area is 153 Å². The van der Waals surface area contributed by atoms with Gasteiger partial charge in [-0.1, -0.05) is 26.0 Å². The van der Waals surface area contributed by atoms with Gasteiger partial charge in [0.25, 0.3) is 5.91 Å². The molecule has 25 heavy (non-hydrogen) atoms. The first-order chi connectivity index (χ1) is 11.9. The van der Waals surface area contributed by atoms with E-state index in [2.05, 4.69) is 42.2 Å². The molecule has 0 bridgehead atoms. The monoisotopic (exact) mass is 359 g/mol. The van der Waals surface area contributed by atoms with Gasteiger partial charge in [0.15, 0.2) is 11.7 Å². The summed E-state index contributed by atoms with van der Waals surface area (Å²) in [4.78, 5) is 20.3. The maximum atomic E-state index is 12.2. The molecule has 2 heterocycles. The van der Waals surface area contributed by atoms with Crippen molar-refractivity contribution in [2.45, 2.75) is 39.7 Å². The molecule has 134 valence electrons. The second-order valence-electron chi connectivity index (χ2n) is 6.89. The van der Waals surface area contributed by atoms with Crippen LogP contribution in [0.3, 0.4) is 0 Å². The fourth-order valence-corrected chi connectivity index (χ4v) is 3.91. The molecule has 1 N–H and O–H groups in total. The lowest BCUT2D eigenvalue weighted by molar-refractivity contribution is -0.118. The van der Waals surface area contributed by atoms with Crippen LogP contribution >= 0.6 is 11.3 Å². The Morgan fingerprint density at radius 3 is 3.00 bits per heavy atom. The van der Waals surface area contributed by atoms with Crippen LogP contribution < -0.4 is 10.1 Å². The molecule has 1 aromatic heterocycles. The standard InChI is InChI=1S/C19H25N3O2S/c1-12(2)14-6-5-13(3)16(9-14)24-11-18(23)21-19-20-15-7-8-22(4)10-17(15)25-19/h5-6,9,12H,7-8,10-11H2,1-4H3,(H,20,21,23). The Balaban J connectivity index is 1.59. The van der Waals surface area contributed by atoms with E-state index in [4.69, 9.17) is 4.74 Å². The fraction of sp³-hybridized carbons (Fsp3) is 0.474. The summed E-state index contributed by atoms with van der Waals surface area (Å²) in [6.07, 6.45) is 0.940. The van der Waals surface area contributed by atoms with Gasteiger partial charge in [-0.2, -0.15) is 0 Å². The number of aryl methyl sites for hydroxylation is 1. The van der Waals surface area contributed by atoms with Gasteiger partial charge in [-0.05, 0) is 37.1 Å². The second kappa shape index (κ2) is 7.54. The van der Waals surface area contributed by atoms with Gasteiger partial charge < -0.3 is 9.64 Å². The molecule has 6 heteroatoms. The largest absolute Gasteiger partial charge is 0.483 e. The minimum absolute atomic E-state index is 0.00740. The van der Waals surface area contributed by atoms with Gasteiger partial charge in [-0.15, -0.1) is 11.3 Å². The smallest absolute Gasteiger partial charge is 0.264 e. The molecule has 1 aromatic carbocycles. The van der Waals surface area contributed by atoms with E-state index >= 15 is 0 Å². The van der Waals surface area contributed by atoms with Gasteiger partial charge in [-0.25, -0.2) is 4.98 Å². The Morgan fingerprint density at radius 1 is 1.44 bits per heavy atom. The summed E-state index contributed by atoms with van der Waals surface area (Å²) in [6.45, 7) is 8.18. The molecular weight excluding hydrogens is 334 g/mol. The lowest BCUT2D eigenvalue weighted by Crippen LogP contribution is -2.25. The molecule has 1 aliphatic rings. The van der Waals surface area contributed by atoms with E-state index in [1.807, 2.05) is 19.1 Å². The predicted molar refractivity (Wildman–Crippen MR) is 102 cm³/mol. The summed E-state index contributed by atoms with van der Waals surface area (Å²) in [7, 11) is 2.10. The number of carbonyl (C=O) groups is 1. The maximum Gasteiger partial charge on any atom is 0.264 e. The highest BCUT2D eigenvalue weighted by molar-refractivity contribution is 7.15. The fourth-order valence-electron chi connectivity index (χ4n) is 2.81. The highest BCUT2D eigenvalue weighted by Gasteiger charge is 2.19. The molecule has 0 aliphatic carbocycles. The molecule has 0 unspecified atom stereocenters. The van der Waals surface area contributed by atoms with Crippen LogP contribution in [0.1, 0.15) is 41.5 Å². The molecule has 0 atom stereocenters. The number of benzene rings is 1. The Hall–Kier alpha value is -1.92. The zero-order valence-electron chi connectivity index (χ0n) is 15.3. The number of thiazole rings is 1. The Morgan fingerprint density at radius 2 is 2.24 bits per heavy atom.